The summed E-state index contributed by atoms with van der Waals surface area (Å²) in [4.78, 5) is 22.0. The van der Waals surface area contributed by atoms with Crippen molar-refractivity contribution in [3.05, 3.63) is 35.9 Å². The maximum Gasteiger partial charge on any atom is 0.399 e. The Morgan fingerprint density at radius 3 is 2.30 bits per heavy atom. The number of halogens is 4. The summed E-state index contributed by atoms with van der Waals surface area (Å²) in [7, 11) is 0. The van der Waals surface area contributed by atoms with Crippen molar-refractivity contribution in [2.45, 2.75) is 25.6 Å². The Morgan fingerprint density at radius 1 is 1.20 bits per heavy atom. The third kappa shape index (κ3) is 5.61. The number of rotatable bonds is 6. The van der Waals surface area contributed by atoms with Gasteiger partial charge in [-0.25, -0.2) is 0 Å². The molecule has 1 rings (SSSR count). The lowest BCUT2D eigenvalue weighted by Gasteiger charge is -2.15. The third-order valence-electron chi connectivity index (χ3n) is 2.55. The molecule has 0 heterocycles. The average molecular weight is 309 g/mol. The lowest BCUT2D eigenvalue weighted by Crippen LogP contribution is -2.28. The molecule has 0 radical (unpaired) electrons. The number of carbonyl (C=O) groups is 2. The monoisotopic (exact) mass is 308 g/mol. The predicted octanol–water partition coefficient (Wildman–Crippen LogP) is 3.45. The van der Waals surface area contributed by atoms with Gasteiger partial charge in [0.05, 0.1) is 0 Å². The second kappa shape index (κ2) is 7.28. The number of carbonyl (C=O) groups excluding carboxylic acids is 2. The molecule has 110 valence electrons. The lowest BCUT2D eigenvalue weighted by molar-refractivity contribution is -0.179. The van der Waals surface area contributed by atoms with Crippen LogP contribution in [-0.4, -0.2) is 17.4 Å². The Kier molecular flexibility index (Phi) is 6.01. The van der Waals surface area contributed by atoms with Crippen molar-refractivity contribution in [2.24, 2.45) is 5.92 Å². The highest BCUT2D eigenvalue weighted by Gasteiger charge is 2.43. The number of ether oxygens (including phenoxy) is 1. The smallest absolute Gasteiger partial charge is 0.399 e. The zero-order valence-corrected chi connectivity index (χ0v) is 11.1. The van der Waals surface area contributed by atoms with E-state index in [1.54, 1.807) is 30.3 Å². The van der Waals surface area contributed by atoms with Crippen LogP contribution in [0.15, 0.2) is 30.3 Å². The molecule has 0 spiro atoms. The molecule has 20 heavy (non-hydrogen) atoms. The van der Waals surface area contributed by atoms with Crippen LogP contribution in [0.4, 0.5) is 13.2 Å². The van der Waals surface area contributed by atoms with Gasteiger partial charge in [0, 0.05) is 6.42 Å². The molecule has 1 atom stereocenters. The second-order valence-corrected chi connectivity index (χ2v) is 4.46. The van der Waals surface area contributed by atoms with Crippen molar-refractivity contribution < 1.29 is 27.5 Å². The SMILES string of the molecule is O=C(CCC(C(=O)Cl)C(F)(F)F)OCc1ccccc1. The number of alkyl halides is 3. The van der Waals surface area contributed by atoms with Gasteiger partial charge in [0.15, 0.2) is 0 Å². The van der Waals surface area contributed by atoms with E-state index in [4.69, 9.17) is 16.3 Å². The minimum Gasteiger partial charge on any atom is -0.461 e. The van der Waals surface area contributed by atoms with Crippen molar-refractivity contribution in [2.75, 3.05) is 0 Å². The van der Waals surface area contributed by atoms with E-state index in [1.807, 2.05) is 0 Å². The molecule has 7 heteroatoms. The maximum atomic E-state index is 12.4. The number of benzene rings is 1. The van der Waals surface area contributed by atoms with Gasteiger partial charge < -0.3 is 4.74 Å². The molecule has 1 aromatic carbocycles. The van der Waals surface area contributed by atoms with Crippen molar-refractivity contribution in [3.63, 3.8) is 0 Å². The van der Waals surface area contributed by atoms with Crippen LogP contribution in [-0.2, 0) is 20.9 Å². The molecule has 3 nitrogen and oxygen atoms in total. The molecule has 0 aromatic heterocycles. The van der Waals surface area contributed by atoms with Crippen molar-refractivity contribution in [3.8, 4) is 0 Å². The van der Waals surface area contributed by atoms with E-state index in [1.165, 1.54) is 0 Å². The molecule has 0 aliphatic rings. The minimum absolute atomic E-state index is 0.0226. The van der Waals surface area contributed by atoms with E-state index < -0.39 is 36.1 Å². The Bertz CT molecular complexity index is 460. The van der Waals surface area contributed by atoms with Crippen LogP contribution in [0.25, 0.3) is 0 Å². The first kappa shape index (κ1) is 16.5. The van der Waals surface area contributed by atoms with E-state index in [9.17, 15) is 22.8 Å². The first-order chi connectivity index (χ1) is 9.30. The van der Waals surface area contributed by atoms with Crippen LogP contribution in [0.2, 0.25) is 0 Å². The Hall–Kier alpha value is -1.56. The number of hydrogen-bond donors (Lipinski definition) is 0. The van der Waals surface area contributed by atoms with Gasteiger partial charge in [-0.1, -0.05) is 30.3 Å². The largest absolute Gasteiger partial charge is 0.461 e. The fraction of sp³-hybridized carbons (Fsp3) is 0.385. The van der Waals surface area contributed by atoms with E-state index >= 15 is 0 Å². The standard InChI is InChI=1S/C13H12ClF3O3/c14-12(19)10(13(15,16)17)6-7-11(18)20-8-9-4-2-1-3-5-9/h1-5,10H,6-8H2. The van der Waals surface area contributed by atoms with Gasteiger partial charge in [-0.05, 0) is 23.6 Å². The van der Waals surface area contributed by atoms with Gasteiger partial charge in [0.2, 0.25) is 5.24 Å². The first-order valence-corrected chi connectivity index (χ1v) is 6.14. The highest BCUT2D eigenvalue weighted by atomic mass is 35.5. The van der Waals surface area contributed by atoms with Gasteiger partial charge >= 0.3 is 12.1 Å². The lowest BCUT2D eigenvalue weighted by atomic mass is 10.0. The maximum absolute atomic E-state index is 12.4. The van der Waals surface area contributed by atoms with Crippen LogP contribution in [0, 0.1) is 5.92 Å². The molecule has 1 unspecified atom stereocenters. The topological polar surface area (TPSA) is 43.4 Å². The summed E-state index contributed by atoms with van der Waals surface area (Å²) < 4.78 is 42.1. The fourth-order valence-electron chi connectivity index (χ4n) is 1.48. The summed E-state index contributed by atoms with van der Waals surface area (Å²) in [6.07, 6.45) is -5.98. The molecule has 0 bridgehead atoms. The molecule has 1 aromatic rings. The summed E-state index contributed by atoms with van der Waals surface area (Å²) in [6, 6.07) is 8.71. The van der Waals surface area contributed by atoms with E-state index in [-0.39, 0.29) is 6.61 Å². The summed E-state index contributed by atoms with van der Waals surface area (Å²) >= 11 is 4.87. The minimum atomic E-state index is -4.75. The molecule has 0 saturated heterocycles. The fourth-order valence-corrected chi connectivity index (χ4v) is 1.71. The zero-order valence-electron chi connectivity index (χ0n) is 10.3. The van der Waals surface area contributed by atoms with Gasteiger partial charge in [-0.3, -0.25) is 9.59 Å². The van der Waals surface area contributed by atoms with Crippen molar-refractivity contribution in [1.82, 2.24) is 0 Å². The molecular weight excluding hydrogens is 297 g/mol. The van der Waals surface area contributed by atoms with Gasteiger partial charge in [0.25, 0.3) is 0 Å². The van der Waals surface area contributed by atoms with Crippen molar-refractivity contribution >= 4 is 22.8 Å². The van der Waals surface area contributed by atoms with Crippen molar-refractivity contribution in [1.29, 1.82) is 0 Å². The van der Waals surface area contributed by atoms with Crippen LogP contribution in [0.5, 0.6) is 0 Å². The third-order valence-corrected chi connectivity index (χ3v) is 2.81. The molecule has 0 saturated carbocycles. The summed E-state index contributed by atoms with van der Waals surface area (Å²) in [5.41, 5.74) is 0.724. The summed E-state index contributed by atoms with van der Waals surface area (Å²) in [5.74, 6) is -3.14. The van der Waals surface area contributed by atoms with E-state index in [0.29, 0.717) is 0 Å². The molecule has 0 fully saturated rings. The summed E-state index contributed by atoms with van der Waals surface area (Å²) in [6.45, 7) is -0.0226. The predicted molar refractivity (Wildman–Crippen MR) is 65.9 cm³/mol. The second-order valence-electron chi connectivity index (χ2n) is 4.08. The van der Waals surface area contributed by atoms with Crippen LogP contribution < -0.4 is 0 Å². The van der Waals surface area contributed by atoms with Crippen LogP contribution in [0.1, 0.15) is 18.4 Å². The molecule has 0 aliphatic carbocycles. The molecule has 0 N–H and O–H groups in total. The summed E-state index contributed by atoms with van der Waals surface area (Å²) in [5, 5.41) is -1.52. The van der Waals surface area contributed by atoms with E-state index in [2.05, 4.69) is 0 Å². The Balaban J connectivity index is 2.41. The van der Waals surface area contributed by atoms with Gasteiger partial charge in [0.1, 0.15) is 12.5 Å². The highest BCUT2D eigenvalue weighted by Crippen LogP contribution is 2.31. The Morgan fingerprint density at radius 2 is 1.80 bits per heavy atom. The quantitative estimate of drug-likeness (QED) is 0.597. The normalized spacial score (nSPS) is 12.8. The van der Waals surface area contributed by atoms with Crippen LogP contribution in [0.3, 0.4) is 0 Å². The molecule has 0 aliphatic heterocycles. The highest BCUT2D eigenvalue weighted by molar-refractivity contribution is 6.64. The number of hydrogen-bond acceptors (Lipinski definition) is 3. The first-order valence-electron chi connectivity index (χ1n) is 5.76. The zero-order chi connectivity index (χ0) is 15.2. The Labute approximate surface area is 118 Å². The average Bonchev–Trinajstić information content (AvgIpc) is 2.35. The van der Waals surface area contributed by atoms with Gasteiger partial charge in [-0.2, -0.15) is 13.2 Å². The number of esters is 1. The molecular formula is C13H12ClF3O3. The van der Waals surface area contributed by atoms with E-state index in [0.717, 1.165) is 5.56 Å². The van der Waals surface area contributed by atoms with Crippen LogP contribution >= 0.6 is 11.6 Å². The molecule has 0 amide bonds. The van der Waals surface area contributed by atoms with Gasteiger partial charge in [-0.15, -0.1) is 0 Å².